The molecule has 12 aromatic rings. The Bertz CT molecular complexity index is 6360. The fraction of sp³-hybridized carbons (Fsp3) is 0.457. The van der Waals surface area contributed by atoms with Crippen molar-refractivity contribution < 1.29 is 54.6 Å². The van der Waals surface area contributed by atoms with Gasteiger partial charge in [0.15, 0.2) is 46.6 Å². The summed E-state index contributed by atoms with van der Waals surface area (Å²) >= 11 is 0. The van der Waals surface area contributed by atoms with Crippen LogP contribution in [0.2, 0.25) is 0 Å². The minimum Gasteiger partial charge on any atom is -0.495 e. The van der Waals surface area contributed by atoms with Crippen LogP contribution in [-0.2, 0) is 6.18 Å². The maximum absolute atomic E-state index is 14.7. The molecule has 0 unspecified atom stereocenters. The highest BCUT2D eigenvalue weighted by atomic mass is 19.4. The summed E-state index contributed by atoms with van der Waals surface area (Å²) in [6, 6.07) is 18.0. The summed E-state index contributed by atoms with van der Waals surface area (Å²) in [5.74, 6) is 3.87. The zero-order chi connectivity index (χ0) is 95.5. The van der Waals surface area contributed by atoms with E-state index in [0.717, 1.165) is 166 Å². The maximum Gasteiger partial charge on any atom is 0.416 e. The van der Waals surface area contributed by atoms with Gasteiger partial charge in [0, 0.05) is 72.8 Å². The summed E-state index contributed by atoms with van der Waals surface area (Å²) in [5, 5.41) is 54.4. The highest BCUT2D eigenvalue weighted by molar-refractivity contribution is 5.97. The second-order valence-corrected chi connectivity index (χ2v) is 35.3. The number of fused-ring (bicyclic) bond motifs is 12. The fourth-order valence-corrected chi connectivity index (χ4v) is 20.3. The number of rotatable bonds is 24. The maximum atomic E-state index is 14.7. The SMILES string of the molecule is CCNC(=O)c1ccc(Nc2ncc3c(n2)N(C2CCCC2)[C@H](CC)c2nncn2-3)c(F)c1.CCNC(=O)c1ccc(Nc2ncc3c(n2)N(C2CCCC2)[C@H](CC)c2nncn2-3)c(OC)c1.CC[C@@H]1c2nncn2-c2cnc(Nc3ccc(C(=O)NC4CC(F)(F)C4)cc3OC)nc2N1C1CCCC1.CC[C@@H]1c2nncn2-c2cnc(Nc3ccc(C(F)(F)F)cc3F)nc2N1C1CCCC1. The normalized spacial score (nSPS) is 18.5. The Morgan fingerprint density at radius 3 is 0.978 bits per heavy atom. The second kappa shape index (κ2) is 39.9. The molecule has 21 rings (SSSR count). The molecule has 9 aliphatic rings. The van der Waals surface area contributed by atoms with E-state index in [1.807, 2.05) is 44.4 Å². The van der Waals surface area contributed by atoms with Gasteiger partial charge in [0.1, 0.15) is 71.2 Å². The first-order chi connectivity index (χ1) is 66.5. The van der Waals surface area contributed by atoms with E-state index in [1.165, 1.54) is 57.8 Å². The van der Waals surface area contributed by atoms with Crippen molar-refractivity contribution in [2.45, 2.75) is 249 Å². The number of benzene rings is 4. The molecular formula is C94H108F7N31O5. The monoisotopic (exact) mass is 1880 g/mol. The largest absolute Gasteiger partial charge is 0.495 e. The average molecular weight is 1890 g/mol. The van der Waals surface area contributed by atoms with Crippen molar-refractivity contribution in [3.05, 3.63) is 180 Å². The van der Waals surface area contributed by atoms with Crippen LogP contribution in [0.1, 0.15) is 267 Å². The summed E-state index contributed by atoms with van der Waals surface area (Å²) in [5.41, 5.74) is 4.71. The number of methoxy groups -OCH3 is 2. The van der Waals surface area contributed by atoms with Gasteiger partial charge in [0.25, 0.3) is 23.6 Å². The van der Waals surface area contributed by atoms with Crippen LogP contribution in [0.15, 0.2) is 123 Å². The smallest absolute Gasteiger partial charge is 0.416 e. The van der Waals surface area contributed by atoms with E-state index >= 15 is 0 Å². The van der Waals surface area contributed by atoms with Crippen LogP contribution in [0.4, 0.5) is 101 Å². The lowest BCUT2D eigenvalue weighted by Gasteiger charge is -2.40. The Kier molecular flexibility index (Phi) is 27.1. The van der Waals surface area contributed by atoms with Crippen LogP contribution in [0.3, 0.4) is 0 Å². The first-order valence-electron chi connectivity index (χ1n) is 47.1. The van der Waals surface area contributed by atoms with E-state index in [2.05, 4.69) is 150 Å². The van der Waals surface area contributed by atoms with Gasteiger partial charge in [-0.25, -0.2) is 37.5 Å². The number of hydrogen-bond acceptors (Lipinski definition) is 29. The number of alkyl halides is 5. The third kappa shape index (κ3) is 18.9. The summed E-state index contributed by atoms with van der Waals surface area (Å²) < 4.78 is 113. The number of ether oxygens (including phenoxy) is 2. The van der Waals surface area contributed by atoms with Crippen molar-refractivity contribution in [1.82, 2.24) is 115 Å². The van der Waals surface area contributed by atoms with E-state index < -0.39 is 41.2 Å². The first-order valence-corrected chi connectivity index (χ1v) is 47.1. The molecule has 36 nitrogen and oxygen atoms in total. The molecule has 0 spiro atoms. The molecule has 718 valence electrons. The Hall–Kier alpha value is -14.3. The molecule has 4 aliphatic heterocycles. The quantitative estimate of drug-likeness (QED) is 0.0276. The van der Waals surface area contributed by atoms with Crippen molar-refractivity contribution in [2.24, 2.45) is 0 Å². The number of carbonyl (C=O) groups excluding carboxylic acids is 3. The summed E-state index contributed by atoms with van der Waals surface area (Å²) in [6.07, 6.45) is 30.1. The molecule has 4 aromatic carbocycles. The number of halogens is 7. The summed E-state index contributed by atoms with van der Waals surface area (Å²) in [4.78, 5) is 83.4. The zero-order valence-corrected chi connectivity index (χ0v) is 77.1. The van der Waals surface area contributed by atoms with E-state index in [4.69, 9.17) is 24.4 Å². The molecule has 5 aliphatic carbocycles. The number of hydrogen-bond donors (Lipinski definition) is 7. The predicted molar refractivity (Wildman–Crippen MR) is 497 cm³/mol. The molecule has 43 heteroatoms. The predicted octanol–water partition coefficient (Wildman–Crippen LogP) is 17.4. The van der Waals surface area contributed by atoms with Gasteiger partial charge in [0.05, 0.1) is 91.5 Å². The third-order valence-corrected chi connectivity index (χ3v) is 26.8. The van der Waals surface area contributed by atoms with E-state index in [-0.39, 0.29) is 77.8 Å². The van der Waals surface area contributed by atoms with Crippen LogP contribution >= 0.6 is 0 Å². The minimum atomic E-state index is -4.62. The van der Waals surface area contributed by atoms with Crippen LogP contribution in [-0.4, -0.2) is 180 Å². The van der Waals surface area contributed by atoms with Crippen LogP contribution in [0.25, 0.3) is 22.7 Å². The molecule has 0 saturated heterocycles. The molecular weight excluding hydrogens is 1780 g/mol. The molecule has 7 N–H and O–H groups in total. The Morgan fingerprint density at radius 2 is 0.693 bits per heavy atom. The van der Waals surface area contributed by atoms with Gasteiger partial charge in [0.2, 0.25) is 23.8 Å². The van der Waals surface area contributed by atoms with Crippen LogP contribution in [0.5, 0.6) is 11.5 Å². The minimum absolute atomic E-state index is 0.0151. The van der Waals surface area contributed by atoms with E-state index in [1.54, 1.807) is 87.4 Å². The molecule has 12 heterocycles. The van der Waals surface area contributed by atoms with Gasteiger partial charge in [-0.15, -0.1) is 40.8 Å². The lowest BCUT2D eigenvalue weighted by molar-refractivity contribution is -0.137. The summed E-state index contributed by atoms with van der Waals surface area (Å²) in [6.45, 7) is 13.3. The van der Waals surface area contributed by atoms with Gasteiger partial charge in [-0.2, -0.15) is 33.1 Å². The number of nitrogens with one attached hydrogen (secondary N) is 7. The lowest BCUT2D eigenvalue weighted by Crippen LogP contribution is -2.50. The van der Waals surface area contributed by atoms with Crippen LogP contribution in [0, 0.1) is 11.6 Å². The number of nitrogens with zero attached hydrogens (tertiary/aromatic N) is 24. The van der Waals surface area contributed by atoms with Gasteiger partial charge >= 0.3 is 6.18 Å². The van der Waals surface area contributed by atoms with Crippen molar-refractivity contribution in [3.63, 3.8) is 0 Å². The summed E-state index contributed by atoms with van der Waals surface area (Å²) in [7, 11) is 3.08. The third-order valence-electron chi connectivity index (χ3n) is 26.8. The Balaban J connectivity index is 0.000000122. The molecule has 137 heavy (non-hydrogen) atoms. The Morgan fingerprint density at radius 1 is 0.401 bits per heavy atom. The second-order valence-electron chi connectivity index (χ2n) is 35.3. The zero-order valence-electron chi connectivity index (χ0n) is 77.1. The molecule has 0 bridgehead atoms. The van der Waals surface area contributed by atoms with Gasteiger partial charge in [-0.05, 0) is 164 Å². The van der Waals surface area contributed by atoms with E-state index in [0.29, 0.717) is 94.9 Å². The topological polar surface area (TPSA) is 393 Å². The van der Waals surface area contributed by atoms with Crippen LogP contribution < -0.4 is 66.3 Å². The average Bonchev–Trinajstić information content (AvgIpc) is 1.69. The first kappa shape index (κ1) is 93.1. The van der Waals surface area contributed by atoms with E-state index in [9.17, 15) is 45.1 Å². The number of anilines is 12. The number of aromatic nitrogens is 20. The molecule has 8 aromatic heterocycles. The van der Waals surface area contributed by atoms with Crippen molar-refractivity contribution in [3.8, 4) is 34.2 Å². The van der Waals surface area contributed by atoms with Gasteiger partial charge in [-0.1, -0.05) is 79.1 Å². The lowest BCUT2D eigenvalue weighted by atomic mass is 9.88. The molecule has 5 fully saturated rings. The number of amides is 3. The number of carbonyl (C=O) groups is 3. The molecule has 4 atom stereocenters. The fourth-order valence-electron chi connectivity index (χ4n) is 20.3. The van der Waals surface area contributed by atoms with Crippen molar-refractivity contribution >= 4 is 87.5 Å². The highest BCUT2D eigenvalue weighted by Crippen LogP contribution is 2.50. The van der Waals surface area contributed by atoms with Crippen molar-refractivity contribution in [1.29, 1.82) is 0 Å². The molecule has 3 amide bonds. The van der Waals surface area contributed by atoms with Crippen molar-refractivity contribution in [2.75, 3.05) is 68.2 Å². The molecule has 5 saturated carbocycles. The highest BCUT2D eigenvalue weighted by Gasteiger charge is 2.48. The standard InChI is InChI=1S/C26H30F2N8O2.C24H30N8O2.C23H27FN8O.C21H21F4N7/c1-3-19-23-34-30-14-35(23)20-13-29-25(33-22(20)36(19)17-6-4-5-7-17)32-18-9-8-15(10-21(18)38-2)24(37)31-16-11-26(27,28)12-16;1-4-18-22-30-27-14-31(22)19-13-26-24(29-21(19)32(18)16-8-6-7-9-16)28-17-11-10-15(12-20(17)34-3)23(33)25-5-2;1-3-18-21-30-27-13-31(21)19-12-26-23(29-20(19)32(18)15-7-5-6-8-15)28-17-10-9-14(11-16(17)24)22(33)25-4-2;1-2-16-19-30-27-11-31(19)17-10-26-20(29-18(17)32(16)13-5-3-4-6-13)28-15-8-7-12(9-14(15)22)21(23,24)25/h8-10,13-14,16-17,19H,3-7,11-12H2,1-2H3,(H,31,37)(H,29,32,33);10-14,16,18H,4-9H2,1-3H3,(H,25,33)(H,26,28,29);9-13,15,18H,3-8H2,1-2H3,(H,25,33)(H,26,28,29);7-11,13,16H,2-6H2,1H3,(H,26,28,29)/t19-;2*18-;16-/m1111/s1. The Labute approximate surface area is 785 Å². The van der Waals surface area contributed by atoms with Gasteiger partial charge < -0.3 is 66.3 Å². The van der Waals surface area contributed by atoms with Gasteiger partial charge in [-0.3, -0.25) is 32.7 Å². The molecule has 0 radical (unpaired) electrons.